The van der Waals surface area contributed by atoms with E-state index in [1.807, 2.05) is 44.2 Å². The Labute approximate surface area is 221 Å². The number of likely N-dealkylation sites (N-methyl/N-ethyl adjacent to an activating group) is 1. The zero-order valence-corrected chi connectivity index (χ0v) is 21.8. The summed E-state index contributed by atoms with van der Waals surface area (Å²) in [6, 6.07) is 16.5. The first-order valence-corrected chi connectivity index (χ1v) is 12.9. The lowest BCUT2D eigenvalue weighted by molar-refractivity contribution is -0.141. The second kappa shape index (κ2) is 8.31. The number of rotatable bonds is 4. The number of hydrogen-bond donors (Lipinski definition) is 1. The summed E-state index contributed by atoms with van der Waals surface area (Å²) in [6.07, 6.45) is 0.576. The quantitative estimate of drug-likeness (QED) is 0.454. The van der Waals surface area contributed by atoms with Crippen LogP contribution in [-0.2, 0) is 24.5 Å². The third-order valence-electron chi connectivity index (χ3n) is 7.23. The SMILES string of the molecule is CCCOC(=O)C1=C(N)OC2=C(C(=O)c3cccc4cccc2c34)C12C(=O)N(CC)c1ccc(Br)cc12. The van der Waals surface area contributed by atoms with Gasteiger partial charge in [0.25, 0.3) is 0 Å². The zero-order valence-electron chi connectivity index (χ0n) is 20.3. The lowest BCUT2D eigenvalue weighted by Crippen LogP contribution is -2.51. The van der Waals surface area contributed by atoms with E-state index >= 15 is 0 Å². The fraction of sp³-hybridized carbons (Fsp3) is 0.207. The van der Waals surface area contributed by atoms with Crippen molar-refractivity contribution in [3.05, 3.63) is 92.8 Å². The molecule has 37 heavy (non-hydrogen) atoms. The summed E-state index contributed by atoms with van der Waals surface area (Å²) in [5, 5.41) is 1.58. The summed E-state index contributed by atoms with van der Waals surface area (Å²) in [6.45, 7) is 4.17. The van der Waals surface area contributed by atoms with Gasteiger partial charge in [0, 0.05) is 38.8 Å². The fourth-order valence-corrected chi connectivity index (χ4v) is 6.16. The smallest absolute Gasteiger partial charge is 0.341 e. The Morgan fingerprint density at radius 2 is 1.81 bits per heavy atom. The molecule has 0 fully saturated rings. The number of halogens is 1. The van der Waals surface area contributed by atoms with E-state index in [2.05, 4.69) is 15.9 Å². The van der Waals surface area contributed by atoms with Gasteiger partial charge in [-0.3, -0.25) is 9.59 Å². The van der Waals surface area contributed by atoms with E-state index in [-0.39, 0.29) is 35.2 Å². The molecule has 3 aromatic carbocycles. The van der Waals surface area contributed by atoms with Crippen LogP contribution in [0.5, 0.6) is 0 Å². The van der Waals surface area contributed by atoms with E-state index in [4.69, 9.17) is 15.2 Å². The number of esters is 1. The number of Topliss-reactive ketones (excluding diaryl/α,β-unsaturated/α-hetero) is 1. The van der Waals surface area contributed by atoms with E-state index in [1.54, 1.807) is 29.2 Å². The first-order chi connectivity index (χ1) is 17.9. The Bertz CT molecular complexity index is 1620. The molecule has 8 heteroatoms. The number of anilines is 1. The van der Waals surface area contributed by atoms with Crippen LogP contribution in [0.25, 0.3) is 16.5 Å². The largest absolute Gasteiger partial charge is 0.462 e. The molecule has 1 spiro atoms. The van der Waals surface area contributed by atoms with Crippen molar-refractivity contribution in [2.24, 2.45) is 5.73 Å². The van der Waals surface area contributed by atoms with Gasteiger partial charge < -0.3 is 20.1 Å². The average Bonchev–Trinajstić information content (AvgIpc) is 3.12. The van der Waals surface area contributed by atoms with E-state index in [9.17, 15) is 14.4 Å². The molecule has 1 unspecified atom stereocenters. The van der Waals surface area contributed by atoms with Crippen LogP contribution in [0.1, 0.15) is 41.8 Å². The highest BCUT2D eigenvalue weighted by Crippen LogP contribution is 2.58. The normalized spacial score (nSPS) is 19.9. The maximum atomic E-state index is 14.5. The Kier molecular flexibility index (Phi) is 5.28. The summed E-state index contributed by atoms with van der Waals surface area (Å²) in [5.41, 5.74) is 6.73. The molecule has 3 aromatic rings. The fourth-order valence-electron chi connectivity index (χ4n) is 5.80. The minimum atomic E-state index is -1.83. The van der Waals surface area contributed by atoms with Crippen molar-refractivity contribution in [1.82, 2.24) is 0 Å². The van der Waals surface area contributed by atoms with Crippen LogP contribution in [0, 0.1) is 0 Å². The number of ketones is 1. The molecular weight excluding hydrogens is 536 g/mol. The number of ether oxygens (including phenoxy) is 2. The van der Waals surface area contributed by atoms with Gasteiger partial charge in [0.2, 0.25) is 11.8 Å². The van der Waals surface area contributed by atoms with Crippen LogP contribution in [0.3, 0.4) is 0 Å². The maximum absolute atomic E-state index is 14.5. The lowest BCUT2D eigenvalue weighted by Gasteiger charge is -2.39. The van der Waals surface area contributed by atoms with Crippen LogP contribution in [0.2, 0.25) is 0 Å². The van der Waals surface area contributed by atoms with Gasteiger partial charge in [0.1, 0.15) is 16.7 Å². The van der Waals surface area contributed by atoms with Gasteiger partial charge in [-0.15, -0.1) is 0 Å². The van der Waals surface area contributed by atoms with Crippen molar-refractivity contribution >= 4 is 55.8 Å². The number of amides is 1. The van der Waals surface area contributed by atoms with Crippen LogP contribution < -0.4 is 10.6 Å². The van der Waals surface area contributed by atoms with Gasteiger partial charge >= 0.3 is 5.97 Å². The predicted octanol–water partition coefficient (Wildman–Crippen LogP) is 4.97. The molecule has 3 aliphatic rings. The van der Waals surface area contributed by atoms with Gasteiger partial charge in [-0.1, -0.05) is 59.3 Å². The van der Waals surface area contributed by atoms with Crippen molar-refractivity contribution in [1.29, 1.82) is 0 Å². The van der Waals surface area contributed by atoms with Gasteiger partial charge in [-0.05, 0) is 36.9 Å². The average molecular weight is 559 g/mol. The van der Waals surface area contributed by atoms with Crippen molar-refractivity contribution in [3.63, 3.8) is 0 Å². The van der Waals surface area contributed by atoms with E-state index in [0.717, 1.165) is 10.8 Å². The highest BCUT2D eigenvalue weighted by atomic mass is 79.9. The van der Waals surface area contributed by atoms with Crippen molar-refractivity contribution in [2.75, 3.05) is 18.1 Å². The van der Waals surface area contributed by atoms with Crippen molar-refractivity contribution < 1.29 is 23.9 Å². The maximum Gasteiger partial charge on any atom is 0.341 e. The summed E-state index contributed by atoms with van der Waals surface area (Å²) in [7, 11) is 0. The number of fused-ring (bicyclic) bond motifs is 4. The van der Waals surface area contributed by atoms with Crippen LogP contribution in [0.4, 0.5) is 5.69 Å². The highest BCUT2D eigenvalue weighted by Gasteiger charge is 2.64. The highest BCUT2D eigenvalue weighted by molar-refractivity contribution is 9.10. The molecule has 0 saturated carbocycles. The molecule has 2 heterocycles. The third kappa shape index (κ3) is 2.96. The minimum absolute atomic E-state index is 0.0802. The molecule has 0 radical (unpaired) electrons. The zero-order chi connectivity index (χ0) is 26.1. The minimum Gasteiger partial charge on any atom is -0.462 e. The van der Waals surface area contributed by atoms with Gasteiger partial charge in [-0.25, -0.2) is 4.79 Å². The summed E-state index contributed by atoms with van der Waals surface area (Å²) in [5.74, 6) is -1.67. The van der Waals surface area contributed by atoms with Gasteiger partial charge in [-0.2, -0.15) is 0 Å². The second-order valence-electron chi connectivity index (χ2n) is 9.18. The van der Waals surface area contributed by atoms with Gasteiger partial charge in [0.15, 0.2) is 5.78 Å². The molecule has 1 amide bonds. The van der Waals surface area contributed by atoms with Crippen molar-refractivity contribution in [2.45, 2.75) is 25.7 Å². The van der Waals surface area contributed by atoms with Crippen LogP contribution in [0.15, 0.2) is 76.1 Å². The topological polar surface area (TPSA) is 98.9 Å². The van der Waals surface area contributed by atoms with Crippen molar-refractivity contribution in [3.8, 4) is 0 Å². The Hall–Kier alpha value is -3.91. The molecule has 2 aliphatic heterocycles. The third-order valence-corrected chi connectivity index (χ3v) is 7.73. The molecule has 1 atom stereocenters. The molecular formula is C29H23BrN2O5. The molecule has 1 aliphatic carbocycles. The van der Waals surface area contributed by atoms with Gasteiger partial charge in [0.05, 0.1) is 12.2 Å². The lowest BCUT2D eigenvalue weighted by atomic mass is 9.64. The number of nitrogens with zero attached hydrogens (tertiary/aromatic N) is 1. The molecule has 0 aromatic heterocycles. The number of hydrogen-bond acceptors (Lipinski definition) is 6. The molecule has 6 rings (SSSR count). The summed E-state index contributed by atoms with van der Waals surface area (Å²) < 4.78 is 12.3. The Morgan fingerprint density at radius 1 is 1.08 bits per heavy atom. The van der Waals surface area contributed by atoms with E-state index in [1.165, 1.54) is 0 Å². The monoisotopic (exact) mass is 558 g/mol. The molecule has 0 bridgehead atoms. The van der Waals surface area contributed by atoms with Crippen LogP contribution in [-0.4, -0.2) is 30.8 Å². The number of benzene rings is 3. The summed E-state index contributed by atoms with van der Waals surface area (Å²) in [4.78, 5) is 44.1. The van der Waals surface area contributed by atoms with Crippen LogP contribution >= 0.6 is 15.9 Å². The number of carbonyl (C=O) groups is 3. The summed E-state index contributed by atoms with van der Waals surface area (Å²) >= 11 is 3.52. The van der Waals surface area contributed by atoms with E-state index in [0.29, 0.717) is 39.8 Å². The molecule has 186 valence electrons. The molecule has 0 saturated heterocycles. The number of nitrogens with two attached hydrogens (primary N) is 1. The number of carbonyl (C=O) groups excluding carboxylic acids is 3. The Morgan fingerprint density at radius 3 is 2.51 bits per heavy atom. The second-order valence-corrected chi connectivity index (χ2v) is 10.1. The standard InChI is InChI=1S/C29H23BrN2O5/c1-3-13-36-27(34)23-26(31)37-25-18-10-6-8-15-7-5-9-17(21(15)18)24(33)22(25)29(23)19-14-16(30)11-12-20(19)32(4-2)28(29)35/h5-12,14H,3-4,13,31H2,1-2H3. The first kappa shape index (κ1) is 23.5. The molecule has 7 nitrogen and oxygen atoms in total. The predicted molar refractivity (Wildman–Crippen MR) is 143 cm³/mol. The Balaban J connectivity index is 1.76. The molecule has 2 N–H and O–H groups in total. The first-order valence-electron chi connectivity index (χ1n) is 12.1. The van der Waals surface area contributed by atoms with E-state index < -0.39 is 17.3 Å².